The van der Waals surface area contributed by atoms with E-state index in [9.17, 15) is 4.79 Å². The van der Waals surface area contributed by atoms with Crippen LogP contribution in [-0.4, -0.2) is 44.5 Å². The quantitative estimate of drug-likeness (QED) is 0.448. The number of carbonyl (C=O) groups excluding carboxylic acids is 1. The van der Waals surface area contributed by atoms with Crippen molar-refractivity contribution in [3.8, 4) is 11.5 Å². The van der Waals surface area contributed by atoms with Crippen LogP contribution >= 0.6 is 9.24 Å². The Morgan fingerprint density at radius 2 is 2.00 bits per heavy atom. The second kappa shape index (κ2) is 8.59. The maximum atomic E-state index is 12.0. The summed E-state index contributed by atoms with van der Waals surface area (Å²) in [7, 11) is 5.85. The first-order chi connectivity index (χ1) is 8.08. The average Bonchev–Trinajstić information content (AvgIpc) is 2.34. The van der Waals surface area contributed by atoms with E-state index in [0.717, 1.165) is 6.42 Å². The molecule has 0 aliphatic rings. The van der Waals surface area contributed by atoms with E-state index in [1.54, 1.807) is 32.4 Å². The molecule has 0 amide bonds. The van der Waals surface area contributed by atoms with E-state index in [2.05, 4.69) is 16.2 Å². The first kappa shape index (κ1) is 17.5. The molecule has 2 unspecified atom stereocenters. The van der Waals surface area contributed by atoms with Gasteiger partial charge in [0.05, 0.1) is 19.8 Å². The minimum atomic E-state index is 0. The predicted octanol–water partition coefficient (Wildman–Crippen LogP) is 2.28. The summed E-state index contributed by atoms with van der Waals surface area (Å²) in [4.78, 5) is 12.0. The van der Waals surface area contributed by atoms with Gasteiger partial charge in [0.25, 0.3) is 0 Å². The molecular weight excluding hydrogens is 242 g/mol. The molecule has 0 heterocycles. The molecule has 0 radical (unpaired) electrons. The van der Waals surface area contributed by atoms with Gasteiger partial charge in [-0.05, 0) is 24.2 Å². The van der Waals surface area contributed by atoms with Gasteiger partial charge < -0.3 is 9.47 Å². The molecule has 0 aliphatic heterocycles. The van der Waals surface area contributed by atoms with Gasteiger partial charge in [0, 0.05) is 12.5 Å². The molecule has 0 fully saturated rings. The van der Waals surface area contributed by atoms with E-state index in [0.29, 0.717) is 29.1 Å². The van der Waals surface area contributed by atoms with Gasteiger partial charge in [-0.3, -0.25) is 4.79 Å². The van der Waals surface area contributed by atoms with Gasteiger partial charge >= 0.3 is 18.9 Å². The molecule has 2 atom stereocenters. The normalized spacial score (nSPS) is 11.3. The number of hydrogen-bond acceptors (Lipinski definition) is 3. The van der Waals surface area contributed by atoms with E-state index >= 15 is 0 Å². The number of ketones is 1. The molecule has 3 nitrogen and oxygen atoms in total. The summed E-state index contributed by atoms with van der Waals surface area (Å²) in [5, 5.41) is 0. The number of rotatable bonds is 6. The fourth-order valence-corrected chi connectivity index (χ4v) is 1.69. The SMILES string of the molecule is COc1ccc(C(=O)CCC(C)P)c(OC)c1.[LiH]. The zero-order valence-corrected chi connectivity index (χ0v) is 11.7. The Bertz CT molecular complexity index is 394. The second-order valence-electron chi connectivity index (χ2n) is 4.01. The van der Waals surface area contributed by atoms with Crippen molar-refractivity contribution in [3.05, 3.63) is 23.8 Å². The molecule has 1 rings (SSSR count). The molecular formula is C13H20LiO3P. The average molecular weight is 262 g/mol. The first-order valence-electron chi connectivity index (χ1n) is 5.59. The molecule has 0 aromatic heterocycles. The molecule has 1 aromatic carbocycles. The van der Waals surface area contributed by atoms with Crippen molar-refractivity contribution < 1.29 is 14.3 Å². The third-order valence-electron chi connectivity index (χ3n) is 2.54. The number of Topliss-reactive ketones (excluding diaryl/α,β-unsaturated/α-hetero) is 1. The van der Waals surface area contributed by atoms with Crippen molar-refractivity contribution in [2.45, 2.75) is 25.4 Å². The monoisotopic (exact) mass is 262 g/mol. The topological polar surface area (TPSA) is 35.5 Å². The van der Waals surface area contributed by atoms with Crippen LogP contribution in [0.2, 0.25) is 0 Å². The van der Waals surface area contributed by atoms with Crippen molar-refractivity contribution in [3.63, 3.8) is 0 Å². The molecule has 18 heavy (non-hydrogen) atoms. The standard InChI is InChI=1S/C13H19O3P.Li.H/c1-9(17)4-7-12(14)11-6-5-10(15-2)8-13(11)16-3;;/h5-6,8-9H,4,7,17H2,1-3H3;;. The summed E-state index contributed by atoms with van der Waals surface area (Å²) < 4.78 is 10.3. The predicted molar refractivity (Wildman–Crippen MR) is 79.4 cm³/mol. The van der Waals surface area contributed by atoms with Gasteiger partial charge in [-0.1, -0.05) is 6.92 Å². The van der Waals surface area contributed by atoms with Crippen LogP contribution in [0, 0.1) is 0 Å². The van der Waals surface area contributed by atoms with E-state index in [-0.39, 0.29) is 24.6 Å². The van der Waals surface area contributed by atoms with Gasteiger partial charge in [-0.15, -0.1) is 9.24 Å². The molecule has 0 saturated carbocycles. The summed E-state index contributed by atoms with van der Waals surface area (Å²) >= 11 is 0. The third kappa shape index (κ3) is 5.02. The summed E-state index contributed by atoms with van der Waals surface area (Å²) in [6.07, 6.45) is 1.39. The van der Waals surface area contributed by atoms with Gasteiger partial charge in [-0.25, -0.2) is 0 Å². The summed E-state index contributed by atoms with van der Waals surface area (Å²) in [5.41, 5.74) is 1.07. The Balaban J connectivity index is 0.00000289. The van der Waals surface area contributed by atoms with E-state index in [1.165, 1.54) is 0 Å². The number of carbonyl (C=O) groups is 1. The number of ether oxygens (including phenoxy) is 2. The van der Waals surface area contributed by atoms with Crippen molar-refractivity contribution in [2.24, 2.45) is 0 Å². The summed E-state index contributed by atoms with van der Waals surface area (Å²) in [6.45, 7) is 2.07. The molecule has 96 valence electrons. The van der Waals surface area contributed by atoms with Crippen molar-refractivity contribution in [1.82, 2.24) is 0 Å². The Morgan fingerprint density at radius 3 is 2.50 bits per heavy atom. The van der Waals surface area contributed by atoms with E-state index in [4.69, 9.17) is 9.47 Å². The maximum absolute atomic E-state index is 12.0. The Labute approximate surface area is 123 Å². The third-order valence-corrected chi connectivity index (χ3v) is 2.87. The molecule has 0 N–H and O–H groups in total. The summed E-state index contributed by atoms with van der Waals surface area (Å²) in [6, 6.07) is 5.27. The van der Waals surface area contributed by atoms with Crippen LogP contribution in [0.3, 0.4) is 0 Å². The van der Waals surface area contributed by atoms with Crippen LogP contribution in [-0.2, 0) is 0 Å². The zero-order chi connectivity index (χ0) is 12.8. The van der Waals surface area contributed by atoms with Crippen LogP contribution in [0.1, 0.15) is 30.1 Å². The van der Waals surface area contributed by atoms with Crippen LogP contribution in [0.5, 0.6) is 11.5 Å². The van der Waals surface area contributed by atoms with Gasteiger partial charge in [-0.2, -0.15) is 0 Å². The van der Waals surface area contributed by atoms with E-state index in [1.807, 2.05) is 0 Å². The second-order valence-corrected chi connectivity index (χ2v) is 5.14. The molecule has 0 aliphatic carbocycles. The minimum absolute atomic E-state index is 0. The Kier molecular flexibility index (Phi) is 8.36. The van der Waals surface area contributed by atoms with Crippen LogP contribution < -0.4 is 9.47 Å². The first-order valence-corrected chi connectivity index (χ1v) is 6.26. The zero-order valence-electron chi connectivity index (χ0n) is 10.5. The molecule has 0 saturated heterocycles. The van der Waals surface area contributed by atoms with Crippen LogP contribution in [0.15, 0.2) is 18.2 Å². The Hall–Kier alpha value is -0.483. The van der Waals surface area contributed by atoms with Crippen LogP contribution in [0.4, 0.5) is 0 Å². The van der Waals surface area contributed by atoms with Crippen molar-refractivity contribution >= 4 is 33.9 Å². The van der Waals surface area contributed by atoms with E-state index < -0.39 is 0 Å². The van der Waals surface area contributed by atoms with Gasteiger partial charge in [0.15, 0.2) is 5.78 Å². The molecule has 0 bridgehead atoms. The van der Waals surface area contributed by atoms with Gasteiger partial charge in [0.2, 0.25) is 0 Å². The molecule has 0 spiro atoms. The fraction of sp³-hybridized carbons (Fsp3) is 0.462. The number of benzene rings is 1. The van der Waals surface area contributed by atoms with Crippen molar-refractivity contribution in [2.75, 3.05) is 14.2 Å². The van der Waals surface area contributed by atoms with Crippen molar-refractivity contribution in [1.29, 1.82) is 0 Å². The molecule has 5 heteroatoms. The van der Waals surface area contributed by atoms with Gasteiger partial charge in [0.1, 0.15) is 11.5 Å². The van der Waals surface area contributed by atoms with Crippen LogP contribution in [0.25, 0.3) is 0 Å². The fourth-order valence-electron chi connectivity index (χ4n) is 1.52. The Morgan fingerprint density at radius 1 is 1.33 bits per heavy atom. The number of methoxy groups -OCH3 is 2. The summed E-state index contributed by atoms with van der Waals surface area (Å²) in [5.74, 6) is 1.38. The molecule has 1 aromatic rings. The number of hydrogen-bond donors (Lipinski definition) is 0.